The van der Waals surface area contributed by atoms with Crippen LogP contribution in [0.4, 0.5) is 5.69 Å². The van der Waals surface area contributed by atoms with Crippen molar-refractivity contribution >= 4 is 21.6 Å². The summed E-state index contributed by atoms with van der Waals surface area (Å²) < 4.78 is 37.4. The molecule has 0 spiro atoms. The Labute approximate surface area is 272 Å². The zero-order valence-electron chi connectivity index (χ0n) is 27.3. The molecule has 1 N–H and O–H groups in total. The molecule has 0 saturated heterocycles. The average molecular weight is 645 g/mol. The molecule has 2 aromatic carbocycles. The van der Waals surface area contributed by atoms with Crippen LogP contribution in [0.5, 0.6) is 5.75 Å². The van der Waals surface area contributed by atoms with Crippen LogP contribution >= 0.6 is 0 Å². The van der Waals surface area contributed by atoms with Crippen molar-refractivity contribution in [3.8, 4) is 5.75 Å². The van der Waals surface area contributed by atoms with Crippen molar-refractivity contribution in [2.24, 2.45) is 5.41 Å². The molecule has 1 aliphatic rings. The first-order chi connectivity index (χ1) is 22.0. The van der Waals surface area contributed by atoms with Gasteiger partial charge in [0.1, 0.15) is 16.7 Å². The molecule has 1 aliphatic heterocycles. The van der Waals surface area contributed by atoms with Gasteiger partial charge in [-0.1, -0.05) is 63.2 Å². The number of aromatic nitrogens is 4. The number of amides is 1. The normalized spacial score (nSPS) is 17.0. The minimum Gasteiger partial charge on any atom is -0.488 e. The average Bonchev–Trinajstić information content (AvgIpc) is 3.45. The Kier molecular flexibility index (Phi) is 10.2. The Morgan fingerprint density at radius 3 is 2.67 bits per heavy atom. The smallest absolute Gasteiger partial charge is 0.247 e. The lowest BCUT2D eigenvalue weighted by Crippen LogP contribution is -2.37. The van der Waals surface area contributed by atoms with E-state index in [1.54, 1.807) is 42.7 Å². The summed E-state index contributed by atoms with van der Waals surface area (Å²) in [5, 5.41) is 11.7. The number of fused-ring (bicyclic) bond motifs is 1. The van der Waals surface area contributed by atoms with Crippen LogP contribution in [-0.2, 0) is 34.3 Å². The van der Waals surface area contributed by atoms with Gasteiger partial charge in [-0.05, 0) is 79.5 Å². The zero-order valence-corrected chi connectivity index (χ0v) is 28.1. The first-order valence-corrected chi connectivity index (χ1v) is 17.4. The van der Waals surface area contributed by atoms with E-state index in [9.17, 15) is 13.2 Å². The minimum absolute atomic E-state index is 0.128. The van der Waals surface area contributed by atoms with Crippen LogP contribution in [0.2, 0.25) is 0 Å². The largest absolute Gasteiger partial charge is 0.488 e. The lowest BCUT2D eigenvalue weighted by molar-refractivity contribution is -0.125. The number of aryl methyl sites for hydroxylation is 3. The van der Waals surface area contributed by atoms with E-state index < -0.39 is 15.4 Å². The highest BCUT2D eigenvalue weighted by atomic mass is 32.2. The summed E-state index contributed by atoms with van der Waals surface area (Å²) in [6.07, 6.45) is 7.90. The SMILES string of the molecule is CCCn1cc(CC[C@@H](c2ccc(C)c(CN3C[C@@H](CC)Oc4ccccc4S3(=O)=O)c2)C(C)(C)C(=O)Nc2cccnc2)nn1. The number of nitrogens with one attached hydrogen (secondary N) is 1. The number of carbonyl (C=O) groups is 1. The van der Waals surface area contributed by atoms with E-state index in [4.69, 9.17) is 4.74 Å². The van der Waals surface area contributed by atoms with Crippen molar-refractivity contribution in [1.82, 2.24) is 24.3 Å². The van der Waals surface area contributed by atoms with Gasteiger partial charge in [-0.15, -0.1) is 5.10 Å². The highest BCUT2D eigenvalue weighted by molar-refractivity contribution is 7.89. The number of anilines is 1. The van der Waals surface area contributed by atoms with Gasteiger partial charge < -0.3 is 10.1 Å². The third kappa shape index (κ3) is 7.31. The van der Waals surface area contributed by atoms with E-state index in [2.05, 4.69) is 39.7 Å². The fourth-order valence-electron chi connectivity index (χ4n) is 5.99. The maximum Gasteiger partial charge on any atom is 0.247 e. The molecule has 10 nitrogen and oxygen atoms in total. The first kappa shape index (κ1) is 33.3. The van der Waals surface area contributed by atoms with Crippen LogP contribution in [-0.4, -0.2) is 51.3 Å². The molecule has 0 aliphatic carbocycles. The van der Waals surface area contributed by atoms with E-state index in [0.29, 0.717) is 30.7 Å². The lowest BCUT2D eigenvalue weighted by atomic mass is 9.71. The Morgan fingerprint density at radius 2 is 1.93 bits per heavy atom. The van der Waals surface area contributed by atoms with Gasteiger partial charge in [0, 0.05) is 25.5 Å². The second kappa shape index (κ2) is 14.1. The molecular formula is C35H44N6O4S. The second-order valence-corrected chi connectivity index (χ2v) is 14.5. The topological polar surface area (TPSA) is 119 Å². The molecule has 0 radical (unpaired) electrons. The summed E-state index contributed by atoms with van der Waals surface area (Å²) >= 11 is 0. The van der Waals surface area contributed by atoms with Crippen molar-refractivity contribution in [1.29, 1.82) is 0 Å². The molecule has 244 valence electrons. The van der Waals surface area contributed by atoms with Gasteiger partial charge in [0.05, 0.1) is 29.5 Å². The molecule has 0 saturated carbocycles. The fourth-order valence-corrected chi connectivity index (χ4v) is 7.56. The molecule has 3 heterocycles. The lowest BCUT2D eigenvalue weighted by Gasteiger charge is -2.34. The van der Waals surface area contributed by atoms with Crippen LogP contribution < -0.4 is 10.1 Å². The maximum absolute atomic E-state index is 13.9. The Balaban J connectivity index is 1.48. The van der Waals surface area contributed by atoms with E-state index >= 15 is 0 Å². The number of nitrogens with zero attached hydrogens (tertiary/aromatic N) is 5. The number of para-hydroxylation sites is 1. The van der Waals surface area contributed by atoms with Crippen molar-refractivity contribution in [3.05, 3.63) is 95.6 Å². The molecule has 5 rings (SSSR count). The fraction of sp³-hybridized carbons (Fsp3) is 0.429. The van der Waals surface area contributed by atoms with Crippen LogP contribution in [0, 0.1) is 12.3 Å². The first-order valence-electron chi connectivity index (χ1n) is 16.0. The molecular weight excluding hydrogens is 600 g/mol. The van der Waals surface area contributed by atoms with Crippen molar-refractivity contribution in [3.63, 3.8) is 0 Å². The number of benzene rings is 2. The molecule has 46 heavy (non-hydrogen) atoms. The zero-order chi connectivity index (χ0) is 32.9. The summed E-state index contributed by atoms with van der Waals surface area (Å²) in [6.45, 7) is 11.2. The van der Waals surface area contributed by atoms with Crippen molar-refractivity contribution < 1.29 is 17.9 Å². The van der Waals surface area contributed by atoms with Crippen LogP contribution in [0.15, 0.2) is 78.1 Å². The van der Waals surface area contributed by atoms with E-state index in [1.165, 1.54) is 4.31 Å². The number of sulfonamides is 1. The second-order valence-electron chi connectivity index (χ2n) is 12.6. The molecule has 2 atom stereocenters. The van der Waals surface area contributed by atoms with E-state index in [1.807, 2.05) is 50.7 Å². The standard InChI is InChI=1S/C35H44N6O4S/c1-6-19-40-23-29(38-39-40)16-17-31(35(4,5)34(42)37-28-11-10-18-36-21-28)26-15-14-25(3)27(20-26)22-41-24-30(7-2)45-32-12-8-9-13-33(32)46(41,43)44/h8-15,18,20-21,23,30-31H,6-7,16-17,19,22,24H2,1-5H3,(H,37,42)/t30-,31+/m1/s1. The van der Waals surface area contributed by atoms with Gasteiger partial charge in [0.25, 0.3) is 0 Å². The predicted molar refractivity (Wildman–Crippen MR) is 178 cm³/mol. The van der Waals surface area contributed by atoms with Crippen LogP contribution in [0.3, 0.4) is 0 Å². The van der Waals surface area contributed by atoms with Gasteiger partial charge in [-0.25, -0.2) is 8.42 Å². The van der Waals surface area contributed by atoms with Gasteiger partial charge in [-0.2, -0.15) is 4.31 Å². The summed E-state index contributed by atoms with van der Waals surface area (Å²) in [7, 11) is -3.81. The van der Waals surface area contributed by atoms with Gasteiger partial charge >= 0.3 is 0 Å². The summed E-state index contributed by atoms with van der Waals surface area (Å²) in [6, 6.07) is 16.6. The van der Waals surface area contributed by atoms with Gasteiger partial charge in [0.2, 0.25) is 15.9 Å². The summed E-state index contributed by atoms with van der Waals surface area (Å²) in [4.78, 5) is 18.2. The third-order valence-electron chi connectivity index (χ3n) is 8.85. The predicted octanol–water partition coefficient (Wildman–Crippen LogP) is 6.13. The number of hydrogen-bond donors (Lipinski definition) is 1. The maximum atomic E-state index is 13.9. The molecule has 0 fully saturated rings. The number of ether oxygens (including phenoxy) is 1. The number of carbonyl (C=O) groups excluding carboxylic acids is 1. The summed E-state index contributed by atoms with van der Waals surface area (Å²) in [5.41, 5.74) is 3.49. The monoisotopic (exact) mass is 644 g/mol. The Bertz CT molecular complexity index is 1760. The van der Waals surface area contributed by atoms with Gasteiger partial charge in [0.15, 0.2) is 0 Å². The number of pyridine rings is 1. The molecule has 11 heteroatoms. The molecule has 2 aromatic heterocycles. The Morgan fingerprint density at radius 1 is 1.13 bits per heavy atom. The molecule has 0 bridgehead atoms. The number of hydrogen-bond acceptors (Lipinski definition) is 7. The molecule has 0 unspecified atom stereocenters. The third-order valence-corrected chi connectivity index (χ3v) is 10.7. The molecule has 1 amide bonds. The number of rotatable bonds is 12. The molecule has 4 aromatic rings. The van der Waals surface area contributed by atoms with Crippen molar-refractivity contribution in [2.45, 2.75) is 90.3 Å². The van der Waals surface area contributed by atoms with Crippen LogP contribution in [0.25, 0.3) is 0 Å². The van der Waals surface area contributed by atoms with Crippen LogP contribution in [0.1, 0.15) is 75.3 Å². The van der Waals surface area contributed by atoms with Crippen molar-refractivity contribution in [2.75, 3.05) is 11.9 Å². The quantitative estimate of drug-likeness (QED) is 0.197. The summed E-state index contributed by atoms with van der Waals surface area (Å²) in [5.74, 6) is 0.0459. The highest BCUT2D eigenvalue weighted by Gasteiger charge is 2.39. The highest BCUT2D eigenvalue weighted by Crippen LogP contribution is 2.41. The van der Waals surface area contributed by atoms with Gasteiger partial charge in [-0.3, -0.25) is 14.5 Å². The van der Waals surface area contributed by atoms with E-state index in [0.717, 1.165) is 35.3 Å². The minimum atomic E-state index is -3.81. The Hall–Kier alpha value is -4.09. The van der Waals surface area contributed by atoms with E-state index in [-0.39, 0.29) is 35.9 Å².